The number of morpholine rings is 1. The fourth-order valence-corrected chi connectivity index (χ4v) is 4.86. The van der Waals surface area contributed by atoms with E-state index in [4.69, 9.17) is 23.6 Å². The zero-order chi connectivity index (χ0) is 25.8. The van der Waals surface area contributed by atoms with Crippen LogP contribution in [0.2, 0.25) is 0 Å². The number of pyridine rings is 1. The number of nitrogens with zero attached hydrogens (tertiary/aromatic N) is 4. The van der Waals surface area contributed by atoms with Crippen LogP contribution >= 0.6 is 11.3 Å². The molecular weight excluding hydrogens is 492 g/mol. The lowest BCUT2D eigenvalue weighted by Crippen LogP contribution is -2.36. The molecule has 3 aromatic heterocycles. The van der Waals surface area contributed by atoms with Gasteiger partial charge in [0.2, 0.25) is 5.88 Å². The number of oxazole rings is 1. The maximum atomic E-state index is 11.8. The Kier molecular flexibility index (Phi) is 7.16. The number of hydrogen-bond donors (Lipinski definition) is 0. The minimum Gasteiger partial charge on any atom is -0.472 e. The minimum atomic E-state index is -0.404. The first-order valence-electron chi connectivity index (χ1n) is 11.6. The highest BCUT2D eigenvalue weighted by atomic mass is 32.1. The highest BCUT2D eigenvalue weighted by Crippen LogP contribution is 2.34. The van der Waals surface area contributed by atoms with E-state index in [1.165, 1.54) is 24.7 Å². The third-order valence-corrected chi connectivity index (χ3v) is 6.91. The first kappa shape index (κ1) is 24.5. The van der Waals surface area contributed by atoms with Crippen LogP contribution in [0.25, 0.3) is 22.5 Å². The third kappa shape index (κ3) is 5.33. The number of ether oxygens (including phenoxy) is 3. The quantitative estimate of drug-likeness (QED) is 0.318. The molecule has 0 atom stereocenters. The second-order valence-corrected chi connectivity index (χ2v) is 9.26. The molecule has 0 unspecified atom stereocenters. The van der Waals surface area contributed by atoms with E-state index in [0.29, 0.717) is 40.9 Å². The van der Waals surface area contributed by atoms with E-state index >= 15 is 0 Å². The van der Waals surface area contributed by atoms with Crippen molar-refractivity contribution < 1.29 is 23.4 Å². The lowest BCUT2D eigenvalue weighted by atomic mass is 10.0. The molecule has 37 heavy (non-hydrogen) atoms. The minimum absolute atomic E-state index is 0.131. The van der Waals surface area contributed by atoms with E-state index in [1.54, 1.807) is 13.0 Å². The van der Waals surface area contributed by atoms with Crippen molar-refractivity contribution in [1.29, 1.82) is 5.26 Å². The lowest BCUT2D eigenvalue weighted by Gasteiger charge is -2.28. The van der Waals surface area contributed by atoms with Crippen LogP contribution < -0.4 is 9.64 Å². The maximum absolute atomic E-state index is 11.8. The van der Waals surface area contributed by atoms with Gasteiger partial charge >= 0.3 is 5.97 Å². The number of nitriles is 1. The van der Waals surface area contributed by atoms with E-state index in [0.717, 1.165) is 29.9 Å². The summed E-state index contributed by atoms with van der Waals surface area (Å²) in [6.07, 6.45) is 1.52. The molecule has 9 nitrogen and oxygen atoms in total. The number of anilines is 1. The Morgan fingerprint density at radius 1 is 1.16 bits per heavy atom. The topological polar surface area (TPSA) is 111 Å². The molecule has 0 amide bonds. The fourth-order valence-electron chi connectivity index (χ4n) is 4.05. The number of thiophene rings is 1. The van der Waals surface area contributed by atoms with Gasteiger partial charge in [0.1, 0.15) is 35.1 Å². The molecule has 1 aliphatic rings. The summed E-state index contributed by atoms with van der Waals surface area (Å²) in [5.41, 5.74) is 4.74. The van der Waals surface area contributed by atoms with Crippen LogP contribution in [-0.4, -0.2) is 49.4 Å². The molecule has 1 aliphatic heterocycles. The van der Waals surface area contributed by atoms with Crippen molar-refractivity contribution in [3.63, 3.8) is 0 Å². The van der Waals surface area contributed by atoms with Gasteiger partial charge in [0, 0.05) is 42.4 Å². The molecule has 0 saturated carbocycles. The van der Waals surface area contributed by atoms with Gasteiger partial charge in [-0.05, 0) is 29.6 Å². The van der Waals surface area contributed by atoms with E-state index in [2.05, 4.69) is 28.1 Å². The van der Waals surface area contributed by atoms with Crippen molar-refractivity contribution in [3.8, 4) is 34.5 Å². The lowest BCUT2D eigenvalue weighted by molar-refractivity contribution is 0.0606. The highest BCUT2D eigenvalue weighted by Gasteiger charge is 2.20. The molecule has 0 radical (unpaired) electrons. The van der Waals surface area contributed by atoms with Crippen LogP contribution in [0.4, 0.5) is 5.69 Å². The predicted molar refractivity (Wildman–Crippen MR) is 138 cm³/mol. The fraction of sp³-hybridized carbons (Fsp3) is 0.259. The summed E-state index contributed by atoms with van der Waals surface area (Å²) in [7, 11) is 1.34. The Morgan fingerprint density at radius 3 is 2.62 bits per heavy atom. The van der Waals surface area contributed by atoms with Gasteiger partial charge in [-0.25, -0.2) is 14.8 Å². The van der Waals surface area contributed by atoms with E-state index in [9.17, 15) is 10.1 Å². The summed E-state index contributed by atoms with van der Waals surface area (Å²) in [5.74, 6) is 0.264. The molecule has 1 fully saturated rings. The molecule has 1 saturated heterocycles. The van der Waals surface area contributed by atoms with Gasteiger partial charge < -0.3 is 23.5 Å². The number of rotatable bonds is 7. The molecule has 0 spiro atoms. The van der Waals surface area contributed by atoms with Crippen LogP contribution in [-0.2, 0) is 16.1 Å². The monoisotopic (exact) mass is 516 g/mol. The van der Waals surface area contributed by atoms with Gasteiger partial charge in [-0.15, -0.1) is 11.3 Å². The van der Waals surface area contributed by atoms with Crippen LogP contribution in [0.3, 0.4) is 0 Å². The zero-order valence-corrected chi connectivity index (χ0v) is 21.2. The van der Waals surface area contributed by atoms with Crippen molar-refractivity contribution >= 4 is 23.0 Å². The normalized spacial score (nSPS) is 13.3. The van der Waals surface area contributed by atoms with Gasteiger partial charge in [0.05, 0.1) is 26.0 Å². The van der Waals surface area contributed by atoms with Gasteiger partial charge in [-0.3, -0.25) is 0 Å². The van der Waals surface area contributed by atoms with Gasteiger partial charge in [-0.1, -0.05) is 12.1 Å². The number of esters is 1. The number of benzene rings is 1. The number of aryl methyl sites for hydroxylation is 1. The summed E-state index contributed by atoms with van der Waals surface area (Å²) < 4.78 is 21.7. The van der Waals surface area contributed by atoms with E-state index in [1.807, 2.05) is 23.6 Å². The van der Waals surface area contributed by atoms with Crippen LogP contribution in [0.15, 0.2) is 52.5 Å². The van der Waals surface area contributed by atoms with E-state index in [-0.39, 0.29) is 18.1 Å². The number of aromatic nitrogens is 2. The van der Waals surface area contributed by atoms with Gasteiger partial charge in [-0.2, -0.15) is 5.26 Å². The molecule has 0 aliphatic carbocycles. The Morgan fingerprint density at radius 2 is 1.95 bits per heavy atom. The summed E-state index contributed by atoms with van der Waals surface area (Å²) in [4.78, 5) is 23.7. The maximum Gasteiger partial charge on any atom is 0.348 e. The Bertz CT molecular complexity index is 1450. The Hall–Kier alpha value is -4.20. The molecule has 5 rings (SSSR count). The van der Waals surface area contributed by atoms with Gasteiger partial charge in [0.15, 0.2) is 5.89 Å². The van der Waals surface area contributed by atoms with Crippen molar-refractivity contribution in [2.24, 2.45) is 0 Å². The van der Waals surface area contributed by atoms with Gasteiger partial charge in [0.25, 0.3) is 0 Å². The molecule has 1 aromatic carbocycles. The molecule has 4 heterocycles. The van der Waals surface area contributed by atoms with Crippen LogP contribution in [0.5, 0.6) is 5.88 Å². The molecule has 4 aromatic rings. The Labute approximate surface area is 217 Å². The molecule has 188 valence electrons. The highest BCUT2D eigenvalue weighted by molar-refractivity contribution is 7.12. The number of hydrogen-bond acceptors (Lipinski definition) is 10. The first-order valence-corrected chi connectivity index (χ1v) is 12.5. The molecular formula is C27H24N4O5S. The Balaban J connectivity index is 1.49. The predicted octanol–water partition coefficient (Wildman–Crippen LogP) is 4.85. The molecule has 10 heteroatoms. The third-order valence-electron chi connectivity index (χ3n) is 5.95. The zero-order valence-electron chi connectivity index (χ0n) is 20.4. The summed E-state index contributed by atoms with van der Waals surface area (Å²) in [6.45, 7) is 5.00. The van der Waals surface area contributed by atoms with Crippen molar-refractivity contribution in [2.75, 3.05) is 38.3 Å². The van der Waals surface area contributed by atoms with Crippen molar-refractivity contribution in [2.45, 2.75) is 13.5 Å². The largest absolute Gasteiger partial charge is 0.472 e. The second-order valence-electron chi connectivity index (χ2n) is 8.34. The van der Waals surface area contributed by atoms with E-state index < -0.39 is 5.97 Å². The standard InChI is InChI=1S/C27H24N4O5S/c1-17-29-24(15-35-17)21-12-23(19-3-5-20(6-4-19)31-7-9-34-10-8-31)30-26(22(21)13-28)36-14-18-11-25(37-16-18)27(32)33-2/h3-6,11-12,15-16H,7-10,14H2,1-2H3. The smallest absolute Gasteiger partial charge is 0.348 e. The number of carbonyl (C=O) groups excluding carboxylic acids is 1. The second kappa shape index (κ2) is 10.8. The SMILES string of the molecule is COC(=O)c1cc(COc2nc(-c3ccc(N4CCOCC4)cc3)cc(-c3coc(C)n3)c2C#N)cs1. The number of carbonyl (C=O) groups is 1. The van der Waals surface area contributed by atoms with Crippen molar-refractivity contribution in [3.05, 3.63) is 69.9 Å². The van der Waals surface area contributed by atoms with Crippen LogP contribution in [0, 0.1) is 18.3 Å². The number of methoxy groups -OCH3 is 1. The first-order chi connectivity index (χ1) is 18.1. The summed E-state index contributed by atoms with van der Waals surface area (Å²) >= 11 is 1.27. The average molecular weight is 517 g/mol. The summed E-state index contributed by atoms with van der Waals surface area (Å²) in [6, 6.07) is 13.9. The summed E-state index contributed by atoms with van der Waals surface area (Å²) in [5, 5.41) is 11.8. The van der Waals surface area contributed by atoms with Crippen molar-refractivity contribution in [1.82, 2.24) is 9.97 Å². The average Bonchev–Trinajstić information content (AvgIpc) is 3.60. The van der Waals surface area contributed by atoms with Crippen LogP contribution in [0.1, 0.15) is 26.7 Å². The molecule has 0 N–H and O–H groups in total. The molecule has 0 bridgehead atoms.